The second-order valence-electron chi connectivity index (χ2n) is 4.38. The van der Waals surface area contributed by atoms with Gasteiger partial charge in [0.05, 0.1) is 11.3 Å². The number of halogens is 2. The SMILES string of the molecule is Cc1cc(Cl)ccc1C(=O)Nc1c(Br)cccc1C(=O)O. The normalized spacial score (nSPS) is 10.2. The molecule has 6 heteroatoms. The van der Waals surface area contributed by atoms with Crippen LogP contribution in [0.4, 0.5) is 5.69 Å². The number of carbonyl (C=O) groups excluding carboxylic acids is 1. The fraction of sp³-hybridized carbons (Fsp3) is 0.0667. The molecule has 0 fully saturated rings. The second-order valence-corrected chi connectivity index (χ2v) is 5.67. The fourth-order valence-electron chi connectivity index (χ4n) is 1.89. The van der Waals surface area contributed by atoms with Gasteiger partial charge in [0.1, 0.15) is 0 Å². The zero-order chi connectivity index (χ0) is 15.6. The van der Waals surface area contributed by atoms with E-state index in [1.54, 1.807) is 37.3 Å². The highest BCUT2D eigenvalue weighted by atomic mass is 79.9. The van der Waals surface area contributed by atoms with Gasteiger partial charge in [-0.15, -0.1) is 0 Å². The first kappa shape index (κ1) is 15.5. The molecule has 2 N–H and O–H groups in total. The Kier molecular flexibility index (Phi) is 4.65. The summed E-state index contributed by atoms with van der Waals surface area (Å²) in [6.45, 7) is 1.76. The Morgan fingerprint density at radius 1 is 1.19 bits per heavy atom. The molecule has 0 bridgehead atoms. The van der Waals surface area contributed by atoms with Crippen molar-refractivity contribution in [2.24, 2.45) is 0 Å². The van der Waals surface area contributed by atoms with Crippen LogP contribution < -0.4 is 5.32 Å². The van der Waals surface area contributed by atoms with E-state index >= 15 is 0 Å². The Morgan fingerprint density at radius 2 is 1.90 bits per heavy atom. The number of nitrogens with one attached hydrogen (secondary N) is 1. The first-order chi connectivity index (χ1) is 9.90. The summed E-state index contributed by atoms with van der Waals surface area (Å²) in [5, 5.41) is 12.3. The lowest BCUT2D eigenvalue weighted by Gasteiger charge is -2.12. The standard InChI is InChI=1S/C15H11BrClNO3/c1-8-7-9(17)5-6-10(8)14(19)18-13-11(15(20)21)3-2-4-12(13)16/h2-7H,1H3,(H,18,19)(H,20,21). The minimum atomic E-state index is -1.11. The maximum absolute atomic E-state index is 12.3. The second kappa shape index (κ2) is 6.28. The van der Waals surface area contributed by atoms with Crippen LogP contribution in [0.5, 0.6) is 0 Å². The average Bonchev–Trinajstić information content (AvgIpc) is 2.40. The van der Waals surface area contributed by atoms with Crippen molar-refractivity contribution in [3.05, 3.63) is 62.6 Å². The first-order valence-corrected chi connectivity index (χ1v) is 7.16. The summed E-state index contributed by atoms with van der Waals surface area (Å²) < 4.78 is 0.502. The van der Waals surface area contributed by atoms with E-state index in [4.69, 9.17) is 11.6 Å². The Hall–Kier alpha value is -1.85. The van der Waals surface area contributed by atoms with Gasteiger partial charge in [0, 0.05) is 15.1 Å². The lowest BCUT2D eigenvalue weighted by Crippen LogP contribution is -2.16. The highest BCUT2D eigenvalue weighted by molar-refractivity contribution is 9.10. The lowest BCUT2D eigenvalue weighted by molar-refractivity contribution is 0.0698. The molecule has 0 aliphatic rings. The van der Waals surface area contributed by atoms with E-state index in [9.17, 15) is 14.7 Å². The largest absolute Gasteiger partial charge is 0.478 e. The molecular weight excluding hydrogens is 358 g/mol. The minimum absolute atomic E-state index is 0.0179. The number of benzene rings is 2. The zero-order valence-corrected chi connectivity index (χ0v) is 13.3. The minimum Gasteiger partial charge on any atom is -0.478 e. The van der Waals surface area contributed by atoms with Gasteiger partial charge in [0.25, 0.3) is 5.91 Å². The van der Waals surface area contributed by atoms with Crippen LogP contribution in [0.3, 0.4) is 0 Å². The van der Waals surface area contributed by atoms with E-state index in [0.717, 1.165) is 0 Å². The third-order valence-electron chi connectivity index (χ3n) is 2.92. The molecule has 0 spiro atoms. The number of amides is 1. The number of hydrogen-bond donors (Lipinski definition) is 2. The van der Waals surface area contributed by atoms with Crippen LogP contribution >= 0.6 is 27.5 Å². The predicted molar refractivity (Wildman–Crippen MR) is 85.2 cm³/mol. The van der Waals surface area contributed by atoms with Crippen LogP contribution in [-0.4, -0.2) is 17.0 Å². The summed E-state index contributed by atoms with van der Waals surface area (Å²) in [7, 11) is 0. The van der Waals surface area contributed by atoms with E-state index in [0.29, 0.717) is 20.6 Å². The van der Waals surface area contributed by atoms with Crippen LogP contribution in [-0.2, 0) is 0 Å². The Labute approximate surface area is 134 Å². The molecule has 2 rings (SSSR count). The van der Waals surface area contributed by atoms with Gasteiger partial charge in [-0.1, -0.05) is 17.7 Å². The van der Waals surface area contributed by atoms with E-state index in [1.807, 2.05) is 0 Å². The van der Waals surface area contributed by atoms with Crippen LogP contribution in [0, 0.1) is 6.92 Å². The predicted octanol–water partition coefficient (Wildman–Crippen LogP) is 4.36. The summed E-state index contributed by atoms with van der Waals surface area (Å²) >= 11 is 9.10. The average molecular weight is 369 g/mol. The Morgan fingerprint density at radius 3 is 2.52 bits per heavy atom. The molecule has 0 unspecified atom stereocenters. The highest BCUT2D eigenvalue weighted by Crippen LogP contribution is 2.27. The van der Waals surface area contributed by atoms with Crippen LogP contribution in [0.15, 0.2) is 40.9 Å². The van der Waals surface area contributed by atoms with Crippen molar-refractivity contribution in [1.29, 1.82) is 0 Å². The van der Waals surface area contributed by atoms with Crippen molar-refractivity contribution < 1.29 is 14.7 Å². The molecule has 0 aliphatic heterocycles. The monoisotopic (exact) mass is 367 g/mol. The molecule has 0 saturated carbocycles. The number of rotatable bonds is 3. The summed E-state index contributed by atoms with van der Waals surface area (Å²) in [5.74, 6) is -1.50. The van der Waals surface area contributed by atoms with Gasteiger partial charge in [0.2, 0.25) is 0 Å². The fourth-order valence-corrected chi connectivity index (χ4v) is 2.58. The zero-order valence-electron chi connectivity index (χ0n) is 11.0. The van der Waals surface area contributed by atoms with Crippen molar-refractivity contribution in [2.45, 2.75) is 6.92 Å². The molecule has 0 radical (unpaired) electrons. The smallest absolute Gasteiger partial charge is 0.337 e. The molecule has 0 aromatic heterocycles. The molecule has 21 heavy (non-hydrogen) atoms. The molecule has 4 nitrogen and oxygen atoms in total. The molecule has 0 aliphatic carbocycles. The molecule has 0 atom stereocenters. The number of carbonyl (C=O) groups is 2. The van der Waals surface area contributed by atoms with E-state index in [-0.39, 0.29) is 11.3 Å². The van der Waals surface area contributed by atoms with E-state index in [2.05, 4.69) is 21.2 Å². The number of hydrogen-bond acceptors (Lipinski definition) is 2. The van der Waals surface area contributed by atoms with Crippen molar-refractivity contribution in [3.63, 3.8) is 0 Å². The van der Waals surface area contributed by atoms with Gasteiger partial charge in [0.15, 0.2) is 0 Å². The van der Waals surface area contributed by atoms with Gasteiger partial charge in [-0.05, 0) is 58.7 Å². The van der Waals surface area contributed by atoms with Gasteiger partial charge in [-0.3, -0.25) is 4.79 Å². The van der Waals surface area contributed by atoms with Crippen molar-refractivity contribution in [1.82, 2.24) is 0 Å². The van der Waals surface area contributed by atoms with Gasteiger partial charge in [-0.2, -0.15) is 0 Å². The third-order valence-corrected chi connectivity index (χ3v) is 3.81. The number of aryl methyl sites for hydroxylation is 1. The van der Waals surface area contributed by atoms with Gasteiger partial charge in [-0.25, -0.2) is 4.79 Å². The summed E-state index contributed by atoms with van der Waals surface area (Å²) in [6, 6.07) is 9.57. The van der Waals surface area contributed by atoms with Crippen LogP contribution in [0.2, 0.25) is 5.02 Å². The van der Waals surface area contributed by atoms with Crippen LogP contribution in [0.1, 0.15) is 26.3 Å². The first-order valence-electron chi connectivity index (χ1n) is 5.99. The maximum Gasteiger partial charge on any atom is 0.337 e. The summed E-state index contributed by atoms with van der Waals surface area (Å²) in [5.41, 5.74) is 1.39. The number of carboxylic acid groups (broad SMARTS) is 1. The highest BCUT2D eigenvalue weighted by Gasteiger charge is 2.17. The number of anilines is 1. The summed E-state index contributed by atoms with van der Waals surface area (Å²) in [4.78, 5) is 23.5. The molecule has 2 aromatic carbocycles. The quantitative estimate of drug-likeness (QED) is 0.846. The lowest BCUT2D eigenvalue weighted by atomic mass is 10.1. The molecular formula is C15H11BrClNO3. The Balaban J connectivity index is 2.38. The molecule has 0 heterocycles. The molecule has 108 valence electrons. The molecule has 1 amide bonds. The molecule has 2 aromatic rings. The number of para-hydroxylation sites is 1. The van der Waals surface area contributed by atoms with Crippen LogP contribution in [0.25, 0.3) is 0 Å². The Bertz CT molecular complexity index is 731. The number of aromatic carboxylic acids is 1. The van der Waals surface area contributed by atoms with Crippen molar-refractivity contribution >= 4 is 45.1 Å². The van der Waals surface area contributed by atoms with Crippen molar-refractivity contribution in [2.75, 3.05) is 5.32 Å². The van der Waals surface area contributed by atoms with Gasteiger partial charge >= 0.3 is 5.97 Å². The molecule has 0 saturated heterocycles. The summed E-state index contributed by atoms with van der Waals surface area (Å²) in [6.07, 6.45) is 0. The van der Waals surface area contributed by atoms with E-state index < -0.39 is 11.9 Å². The van der Waals surface area contributed by atoms with Crippen molar-refractivity contribution in [3.8, 4) is 0 Å². The van der Waals surface area contributed by atoms with E-state index in [1.165, 1.54) is 6.07 Å². The third kappa shape index (κ3) is 3.43. The van der Waals surface area contributed by atoms with Gasteiger partial charge < -0.3 is 10.4 Å². The number of carboxylic acids is 1. The topological polar surface area (TPSA) is 66.4 Å². The maximum atomic E-state index is 12.3.